The summed E-state index contributed by atoms with van der Waals surface area (Å²) in [5, 5.41) is 7.13. The van der Waals surface area contributed by atoms with E-state index in [2.05, 4.69) is 29.2 Å². The molecule has 2 heterocycles. The van der Waals surface area contributed by atoms with Crippen LogP contribution in [0, 0.1) is 11.8 Å². The summed E-state index contributed by atoms with van der Waals surface area (Å²) in [6.07, 6.45) is 7.60. The van der Waals surface area contributed by atoms with Crippen LogP contribution in [-0.4, -0.2) is 46.5 Å². The Hall–Kier alpha value is -1.89. The van der Waals surface area contributed by atoms with Crippen LogP contribution in [0.15, 0.2) is 10.6 Å². The highest BCUT2D eigenvalue weighted by Gasteiger charge is 2.39. The summed E-state index contributed by atoms with van der Waals surface area (Å²) in [5.74, 6) is 1.73. The van der Waals surface area contributed by atoms with Crippen molar-refractivity contribution in [3.8, 4) is 0 Å². The number of carbonyl (C=O) groups is 2. The molecule has 3 atom stereocenters. The monoisotopic (exact) mass is 402 g/mol. The van der Waals surface area contributed by atoms with Gasteiger partial charge in [0.15, 0.2) is 5.69 Å². The Kier molecular flexibility index (Phi) is 5.95. The number of piperidine rings is 1. The number of nitrogens with one attached hydrogen (secondary N) is 1. The van der Waals surface area contributed by atoms with E-state index in [1.807, 2.05) is 0 Å². The molecule has 0 aromatic carbocycles. The van der Waals surface area contributed by atoms with Crippen LogP contribution in [0.25, 0.3) is 0 Å². The minimum Gasteiger partial charge on any atom is -0.360 e. The van der Waals surface area contributed by atoms with Crippen LogP contribution in [0.2, 0.25) is 0 Å². The van der Waals surface area contributed by atoms with Crippen LogP contribution >= 0.6 is 0 Å². The fourth-order valence-corrected chi connectivity index (χ4v) is 4.94. The van der Waals surface area contributed by atoms with Gasteiger partial charge < -0.3 is 20.5 Å². The van der Waals surface area contributed by atoms with Crippen molar-refractivity contribution in [3.05, 3.63) is 17.5 Å². The Morgan fingerprint density at radius 3 is 2.62 bits per heavy atom. The zero-order valence-corrected chi connectivity index (χ0v) is 17.6. The fraction of sp³-hybridized carbons (Fsp3) is 0.773. The van der Waals surface area contributed by atoms with Crippen molar-refractivity contribution in [1.82, 2.24) is 15.4 Å². The predicted octanol–water partition coefficient (Wildman–Crippen LogP) is 2.81. The highest BCUT2D eigenvalue weighted by molar-refractivity contribution is 5.92. The minimum atomic E-state index is -0.169. The van der Waals surface area contributed by atoms with Gasteiger partial charge >= 0.3 is 0 Å². The second-order valence-electron chi connectivity index (χ2n) is 9.32. The second-order valence-corrected chi connectivity index (χ2v) is 9.32. The van der Waals surface area contributed by atoms with Gasteiger partial charge in [-0.15, -0.1) is 0 Å². The summed E-state index contributed by atoms with van der Waals surface area (Å²) in [6, 6.07) is 2.19. The van der Waals surface area contributed by atoms with E-state index >= 15 is 0 Å². The van der Waals surface area contributed by atoms with E-state index < -0.39 is 0 Å². The number of rotatable bonds is 5. The van der Waals surface area contributed by atoms with Crippen LogP contribution in [0.5, 0.6) is 0 Å². The molecule has 29 heavy (non-hydrogen) atoms. The summed E-state index contributed by atoms with van der Waals surface area (Å²) >= 11 is 0. The molecule has 3 aliphatic rings. The molecule has 7 nitrogen and oxygen atoms in total. The SMILES string of the molecule is CC[C@@H]1CN(C(=O)C2CCC(N)CC2)[C@H](C)C[C@@H]1NC(=O)c1cc(C2CC2)on1. The lowest BCUT2D eigenvalue weighted by molar-refractivity contribution is -0.141. The van der Waals surface area contributed by atoms with Gasteiger partial charge in [0.1, 0.15) is 5.76 Å². The Morgan fingerprint density at radius 1 is 1.24 bits per heavy atom. The molecule has 1 saturated heterocycles. The summed E-state index contributed by atoms with van der Waals surface area (Å²) in [5.41, 5.74) is 6.37. The maximum atomic E-state index is 13.1. The van der Waals surface area contributed by atoms with Crippen molar-refractivity contribution in [3.63, 3.8) is 0 Å². The van der Waals surface area contributed by atoms with Crippen molar-refractivity contribution in [1.29, 1.82) is 0 Å². The van der Waals surface area contributed by atoms with Gasteiger partial charge in [-0.1, -0.05) is 12.1 Å². The molecule has 0 spiro atoms. The number of carbonyl (C=O) groups excluding carboxylic acids is 2. The average Bonchev–Trinajstić information content (AvgIpc) is 3.44. The van der Waals surface area contributed by atoms with Crippen molar-refractivity contribution < 1.29 is 14.1 Å². The first-order valence-corrected chi connectivity index (χ1v) is 11.3. The Labute approximate surface area is 172 Å². The van der Waals surface area contributed by atoms with E-state index in [4.69, 9.17) is 10.3 Å². The lowest BCUT2D eigenvalue weighted by atomic mass is 9.82. The second kappa shape index (κ2) is 8.46. The number of amides is 2. The maximum absolute atomic E-state index is 13.1. The van der Waals surface area contributed by atoms with Gasteiger partial charge in [0.05, 0.1) is 0 Å². The number of likely N-dealkylation sites (tertiary alicyclic amines) is 1. The van der Waals surface area contributed by atoms with Gasteiger partial charge in [0.25, 0.3) is 5.91 Å². The van der Waals surface area contributed by atoms with Crippen molar-refractivity contribution in [2.75, 3.05) is 6.54 Å². The van der Waals surface area contributed by atoms with Crippen molar-refractivity contribution in [2.45, 2.75) is 89.3 Å². The van der Waals surface area contributed by atoms with Crippen LogP contribution in [0.3, 0.4) is 0 Å². The number of aromatic nitrogens is 1. The first kappa shape index (κ1) is 20.4. The first-order chi connectivity index (χ1) is 14.0. The normalized spacial score (nSPS) is 32.8. The molecule has 4 rings (SSSR count). The molecule has 3 fully saturated rings. The lowest BCUT2D eigenvalue weighted by Crippen LogP contribution is -2.57. The number of hydrogen-bond donors (Lipinski definition) is 2. The van der Waals surface area contributed by atoms with E-state index in [0.29, 0.717) is 18.2 Å². The minimum absolute atomic E-state index is 0.0485. The first-order valence-electron chi connectivity index (χ1n) is 11.3. The predicted molar refractivity (Wildman–Crippen MR) is 109 cm³/mol. The van der Waals surface area contributed by atoms with Crippen LogP contribution in [0.4, 0.5) is 0 Å². The average molecular weight is 403 g/mol. The molecule has 2 aliphatic carbocycles. The molecule has 160 valence electrons. The molecular weight excluding hydrogens is 368 g/mol. The highest BCUT2D eigenvalue weighted by Crippen LogP contribution is 2.40. The van der Waals surface area contributed by atoms with Crippen molar-refractivity contribution >= 4 is 11.8 Å². The van der Waals surface area contributed by atoms with E-state index in [0.717, 1.165) is 57.1 Å². The molecule has 0 radical (unpaired) electrons. The number of nitrogens with two attached hydrogens (primary N) is 1. The Bertz CT molecular complexity index is 736. The molecule has 1 aromatic rings. The molecule has 7 heteroatoms. The molecular formula is C22H34N4O3. The zero-order valence-electron chi connectivity index (χ0n) is 17.6. The van der Waals surface area contributed by atoms with E-state index in [9.17, 15) is 9.59 Å². The van der Waals surface area contributed by atoms with Crippen LogP contribution < -0.4 is 11.1 Å². The van der Waals surface area contributed by atoms with Crippen LogP contribution in [-0.2, 0) is 4.79 Å². The molecule has 1 aromatic heterocycles. The number of hydrogen-bond acceptors (Lipinski definition) is 5. The van der Waals surface area contributed by atoms with Gasteiger partial charge in [-0.2, -0.15) is 0 Å². The lowest BCUT2D eigenvalue weighted by Gasteiger charge is -2.44. The maximum Gasteiger partial charge on any atom is 0.273 e. The third-order valence-electron chi connectivity index (χ3n) is 7.11. The van der Waals surface area contributed by atoms with Gasteiger partial charge in [0, 0.05) is 42.6 Å². The van der Waals surface area contributed by atoms with E-state index in [-0.39, 0.29) is 41.8 Å². The molecule has 0 unspecified atom stereocenters. The summed E-state index contributed by atoms with van der Waals surface area (Å²) in [7, 11) is 0. The van der Waals surface area contributed by atoms with Gasteiger partial charge in [-0.25, -0.2) is 0 Å². The summed E-state index contributed by atoms with van der Waals surface area (Å²) in [6.45, 7) is 4.93. The third kappa shape index (κ3) is 4.49. The summed E-state index contributed by atoms with van der Waals surface area (Å²) < 4.78 is 5.32. The standard InChI is InChI=1S/C22H34N4O3/c1-3-14-12-26(22(28)16-6-8-17(23)9-7-16)13(2)10-18(14)24-21(27)19-11-20(29-25-19)15-4-5-15/h11,13-18H,3-10,12,23H2,1-2H3,(H,24,27)/t13-,14-,16?,17?,18+/m1/s1. The molecule has 2 amide bonds. The molecule has 3 N–H and O–H groups in total. The van der Waals surface area contributed by atoms with Gasteiger partial charge in [-0.05, 0) is 64.2 Å². The molecule has 2 saturated carbocycles. The van der Waals surface area contributed by atoms with E-state index in [1.54, 1.807) is 6.07 Å². The van der Waals surface area contributed by atoms with Gasteiger partial charge in [-0.3, -0.25) is 9.59 Å². The van der Waals surface area contributed by atoms with Crippen molar-refractivity contribution in [2.24, 2.45) is 17.6 Å². The topological polar surface area (TPSA) is 101 Å². The Morgan fingerprint density at radius 2 is 1.97 bits per heavy atom. The fourth-order valence-electron chi connectivity index (χ4n) is 4.94. The smallest absolute Gasteiger partial charge is 0.273 e. The Balaban J connectivity index is 1.37. The highest BCUT2D eigenvalue weighted by atomic mass is 16.5. The zero-order chi connectivity index (χ0) is 20.5. The number of nitrogens with zero attached hydrogens (tertiary/aromatic N) is 2. The quantitative estimate of drug-likeness (QED) is 0.789. The summed E-state index contributed by atoms with van der Waals surface area (Å²) in [4.78, 5) is 27.9. The largest absolute Gasteiger partial charge is 0.360 e. The van der Waals surface area contributed by atoms with Gasteiger partial charge in [0.2, 0.25) is 5.91 Å². The van der Waals surface area contributed by atoms with E-state index in [1.165, 1.54) is 0 Å². The molecule has 0 bridgehead atoms. The third-order valence-corrected chi connectivity index (χ3v) is 7.11. The van der Waals surface area contributed by atoms with Crippen LogP contribution in [0.1, 0.15) is 87.4 Å². The molecule has 1 aliphatic heterocycles.